The van der Waals surface area contributed by atoms with Crippen molar-refractivity contribution in [1.82, 2.24) is 0 Å². The van der Waals surface area contributed by atoms with E-state index in [1.807, 2.05) is 24.3 Å². The van der Waals surface area contributed by atoms with E-state index in [0.29, 0.717) is 28.9 Å². The maximum Gasteiger partial charge on any atom is 0.235 e. The van der Waals surface area contributed by atoms with Crippen LogP contribution in [0.5, 0.6) is 17.2 Å². The first kappa shape index (κ1) is 17.7. The molecule has 1 N–H and O–H groups in total. The van der Waals surface area contributed by atoms with Crippen LogP contribution in [0.2, 0.25) is 0 Å². The second-order valence-corrected chi connectivity index (χ2v) is 6.27. The molecule has 0 aliphatic rings. The van der Waals surface area contributed by atoms with Crippen molar-refractivity contribution in [3.05, 3.63) is 88.6 Å². The third-order valence-electron chi connectivity index (χ3n) is 4.45. The van der Waals surface area contributed by atoms with Crippen molar-refractivity contribution >= 4 is 11.0 Å². The van der Waals surface area contributed by atoms with Gasteiger partial charge in [0.1, 0.15) is 23.7 Å². The molecule has 4 rings (SSSR count). The highest BCUT2D eigenvalue weighted by atomic mass is 16.5. The van der Waals surface area contributed by atoms with Crippen molar-refractivity contribution in [2.24, 2.45) is 0 Å². The first-order valence-electron chi connectivity index (χ1n) is 8.76. The van der Waals surface area contributed by atoms with Gasteiger partial charge in [-0.1, -0.05) is 24.3 Å². The van der Waals surface area contributed by atoms with Gasteiger partial charge in [0.25, 0.3) is 0 Å². The van der Waals surface area contributed by atoms with Crippen molar-refractivity contribution in [3.63, 3.8) is 0 Å². The molecule has 0 aliphatic heterocycles. The lowest BCUT2D eigenvalue weighted by Crippen LogP contribution is -2.02. The van der Waals surface area contributed by atoms with E-state index in [1.54, 1.807) is 55.6 Å². The van der Waals surface area contributed by atoms with Crippen molar-refractivity contribution in [2.75, 3.05) is 7.11 Å². The fraction of sp³-hybridized carbons (Fsp3) is 0.0870. The Balaban J connectivity index is 1.55. The predicted molar refractivity (Wildman–Crippen MR) is 107 cm³/mol. The minimum absolute atomic E-state index is 0.144. The molecule has 5 heteroatoms. The molecule has 0 bridgehead atoms. The van der Waals surface area contributed by atoms with Gasteiger partial charge in [-0.3, -0.25) is 4.79 Å². The second-order valence-electron chi connectivity index (χ2n) is 6.27. The summed E-state index contributed by atoms with van der Waals surface area (Å²) in [5.41, 5.74) is 1.59. The number of ether oxygens (including phenoxy) is 2. The van der Waals surface area contributed by atoms with Gasteiger partial charge in [-0.2, -0.15) is 0 Å². The largest absolute Gasteiger partial charge is 0.502 e. The van der Waals surface area contributed by atoms with Gasteiger partial charge in [0, 0.05) is 5.56 Å². The molecule has 1 heterocycles. The maximum absolute atomic E-state index is 12.4. The number of fused-ring (bicyclic) bond motifs is 1. The summed E-state index contributed by atoms with van der Waals surface area (Å²) >= 11 is 0. The smallest absolute Gasteiger partial charge is 0.235 e. The average Bonchev–Trinajstić information content (AvgIpc) is 2.75. The zero-order valence-electron chi connectivity index (χ0n) is 15.2. The lowest BCUT2D eigenvalue weighted by Gasteiger charge is -2.09. The number of benzene rings is 3. The molecule has 0 atom stereocenters. The van der Waals surface area contributed by atoms with Crippen molar-refractivity contribution < 1.29 is 19.0 Å². The quantitative estimate of drug-likeness (QED) is 0.546. The van der Waals surface area contributed by atoms with E-state index in [-0.39, 0.29) is 5.76 Å². The summed E-state index contributed by atoms with van der Waals surface area (Å²) in [6, 6.07) is 21.5. The zero-order chi connectivity index (χ0) is 19.5. The molecule has 0 spiro atoms. The molecular formula is C23H18O5. The standard InChI is InChI=1S/C23H18O5/c1-26-17-10-6-15(7-11-17)14-27-18-12-8-16(9-13-18)23-22(25)21(24)19-4-2-3-5-20(19)28-23/h2-13,25H,14H2,1H3. The Labute approximate surface area is 161 Å². The van der Waals surface area contributed by atoms with Crippen LogP contribution >= 0.6 is 0 Å². The Morgan fingerprint density at radius 1 is 0.893 bits per heavy atom. The first-order chi connectivity index (χ1) is 13.7. The SMILES string of the molecule is COc1ccc(COc2ccc(-c3oc4ccccc4c(=O)c3O)cc2)cc1. The minimum atomic E-state index is -0.448. The molecular weight excluding hydrogens is 356 g/mol. The Kier molecular flexibility index (Phi) is 4.72. The van der Waals surface area contributed by atoms with E-state index in [1.165, 1.54) is 0 Å². The minimum Gasteiger partial charge on any atom is -0.502 e. The van der Waals surface area contributed by atoms with Gasteiger partial charge in [0.2, 0.25) is 11.2 Å². The van der Waals surface area contributed by atoms with Gasteiger partial charge in [-0.25, -0.2) is 0 Å². The molecule has 4 aromatic rings. The number of rotatable bonds is 5. The molecule has 0 saturated heterocycles. The van der Waals surface area contributed by atoms with Crippen LogP contribution in [0.15, 0.2) is 82.0 Å². The maximum atomic E-state index is 12.4. The molecule has 0 amide bonds. The molecule has 1 aromatic heterocycles. The molecule has 0 unspecified atom stereocenters. The highest BCUT2D eigenvalue weighted by Gasteiger charge is 2.15. The zero-order valence-corrected chi connectivity index (χ0v) is 15.2. The third-order valence-corrected chi connectivity index (χ3v) is 4.45. The Morgan fingerprint density at radius 3 is 2.29 bits per heavy atom. The molecule has 0 aliphatic carbocycles. The summed E-state index contributed by atoms with van der Waals surface area (Å²) in [6.07, 6.45) is 0. The van der Waals surface area contributed by atoms with E-state index < -0.39 is 11.2 Å². The summed E-state index contributed by atoms with van der Waals surface area (Å²) < 4.78 is 16.7. The van der Waals surface area contributed by atoms with Crippen LogP contribution in [0.3, 0.4) is 0 Å². The topological polar surface area (TPSA) is 68.9 Å². The Bertz CT molecular complexity index is 1160. The fourth-order valence-corrected chi connectivity index (χ4v) is 2.92. The normalized spacial score (nSPS) is 10.8. The van der Waals surface area contributed by atoms with E-state index in [9.17, 15) is 9.90 Å². The van der Waals surface area contributed by atoms with Crippen molar-refractivity contribution in [2.45, 2.75) is 6.61 Å². The van der Waals surface area contributed by atoms with Crippen LogP contribution in [0.1, 0.15) is 5.56 Å². The van der Waals surface area contributed by atoms with Crippen LogP contribution < -0.4 is 14.9 Å². The Morgan fingerprint density at radius 2 is 1.57 bits per heavy atom. The van der Waals surface area contributed by atoms with Crippen LogP contribution in [-0.4, -0.2) is 12.2 Å². The lowest BCUT2D eigenvalue weighted by atomic mass is 10.1. The van der Waals surface area contributed by atoms with E-state index in [2.05, 4.69) is 0 Å². The molecule has 0 radical (unpaired) electrons. The van der Waals surface area contributed by atoms with Gasteiger partial charge in [-0.15, -0.1) is 0 Å². The highest BCUT2D eigenvalue weighted by Crippen LogP contribution is 2.31. The number of hydrogen-bond acceptors (Lipinski definition) is 5. The molecule has 0 saturated carbocycles. The van der Waals surface area contributed by atoms with Crippen LogP contribution in [0.4, 0.5) is 0 Å². The van der Waals surface area contributed by atoms with Gasteiger partial charge < -0.3 is 19.0 Å². The van der Waals surface area contributed by atoms with Crippen molar-refractivity contribution in [1.29, 1.82) is 0 Å². The van der Waals surface area contributed by atoms with Gasteiger partial charge in [0.15, 0.2) is 5.76 Å². The van der Waals surface area contributed by atoms with E-state index in [4.69, 9.17) is 13.9 Å². The molecule has 140 valence electrons. The summed E-state index contributed by atoms with van der Waals surface area (Å²) in [7, 11) is 1.63. The van der Waals surface area contributed by atoms with Gasteiger partial charge in [0.05, 0.1) is 12.5 Å². The number of para-hydroxylation sites is 1. The summed E-state index contributed by atoms with van der Waals surface area (Å²) in [4.78, 5) is 12.4. The highest BCUT2D eigenvalue weighted by molar-refractivity contribution is 5.81. The molecule has 5 nitrogen and oxygen atoms in total. The first-order valence-corrected chi connectivity index (χ1v) is 8.76. The molecule has 3 aromatic carbocycles. The van der Waals surface area contributed by atoms with Crippen LogP contribution in [0, 0.1) is 0 Å². The second kappa shape index (κ2) is 7.48. The predicted octanol–water partition coefficient (Wildman–Crippen LogP) is 4.75. The van der Waals surface area contributed by atoms with E-state index in [0.717, 1.165) is 11.3 Å². The van der Waals surface area contributed by atoms with Crippen molar-refractivity contribution in [3.8, 4) is 28.6 Å². The molecule has 0 fully saturated rings. The van der Waals surface area contributed by atoms with Crippen LogP contribution in [-0.2, 0) is 6.61 Å². The lowest BCUT2D eigenvalue weighted by molar-refractivity contribution is 0.306. The summed E-state index contributed by atoms with van der Waals surface area (Å²) in [5.74, 6) is 1.21. The summed E-state index contributed by atoms with van der Waals surface area (Å²) in [5, 5.41) is 10.6. The van der Waals surface area contributed by atoms with Gasteiger partial charge >= 0.3 is 0 Å². The number of aromatic hydroxyl groups is 1. The van der Waals surface area contributed by atoms with Gasteiger partial charge in [-0.05, 0) is 54.1 Å². The van der Waals surface area contributed by atoms with Crippen LogP contribution in [0.25, 0.3) is 22.3 Å². The molecule has 28 heavy (non-hydrogen) atoms. The number of hydrogen-bond donors (Lipinski definition) is 1. The average molecular weight is 374 g/mol. The monoisotopic (exact) mass is 374 g/mol. The fourth-order valence-electron chi connectivity index (χ4n) is 2.92. The summed E-state index contributed by atoms with van der Waals surface area (Å²) in [6.45, 7) is 0.416. The third kappa shape index (κ3) is 3.42. The van der Waals surface area contributed by atoms with E-state index >= 15 is 0 Å². The number of methoxy groups -OCH3 is 1. The Hall–Kier alpha value is -3.73.